The molecule has 0 radical (unpaired) electrons. The van der Waals surface area contributed by atoms with Crippen molar-refractivity contribution < 1.29 is 26.7 Å². The number of halogens is 1. The zero-order valence-corrected chi connectivity index (χ0v) is 21.1. The quantitative estimate of drug-likeness (QED) is 0.534. The van der Waals surface area contributed by atoms with Crippen molar-refractivity contribution in [1.82, 2.24) is 4.68 Å². The van der Waals surface area contributed by atoms with Gasteiger partial charge in [0.1, 0.15) is 11.5 Å². The Hall–Kier alpha value is -1.79. The van der Waals surface area contributed by atoms with E-state index >= 15 is 0 Å². The molecule has 30 heavy (non-hydrogen) atoms. The van der Waals surface area contributed by atoms with Gasteiger partial charge in [-0.15, -0.1) is 0 Å². The van der Waals surface area contributed by atoms with E-state index in [2.05, 4.69) is 94.2 Å². The van der Waals surface area contributed by atoms with Gasteiger partial charge < -0.3 is 22.1 Å². The zero-order chi connectivity index (χ0) is 21.1. The minimum atomic E-state index is -0.153. The molecule has 0 saturated carbocycles. The lowest BCUT2D eigenvalue weighted by Crippen LogP contribution is -3.00. The first-order valence-corrected chi connectivity index (χ1v) is 11.1. The van der Waals surface area contributed by atoms with Crippen LogP contribution in [0.5, 0.6) is 5.75 Å². The Morgan fingerprint density at radius 3 is 2.13 bits per heavy atom. The van der Waals surface area contributed by atoms with Gasteiger partial charge in [-0.25, -0.2) is 4.57 Å². The maximum Gasteiger partial charge on any atom is 0.344 e. The number of aromatic hydroxyl groups is 1. The first kappa shape index (κ1) is 22.9. The van der Waals surface area contributed by atoms with E-state index in [9.17, 15) is 5.11 Å². The second-order valence-electron chi connectivity index (χ2n) is 9.90. The zero-order valence-electron chi connectivity index (χ0n) is 18.7. The van der Waals surface area contributed by atoms with Crippen LogP contribution in [0.4, 0.5) is 0 Å². The fourth-order valence-electron chi connectivity index (χ4n) is 3.90. The molecule has 0 bridgehead atoms. The van der Waals surface area contributed by atoms with Gasteiger partial charge in [0.15, 0.2) is 5.52 Å². The summed E-state index contributed by atoms with van der Waals surface area (Å²) >= 11 is 1.81. The second kappa shape index (κ2) is 7.72. The number of para-hydroxylation sites is 2. The predicted molar refractivity (Wildman–Crippen MR) is 121 cm³/mol. The lowest BCUT2D eigenvalue weighted by atomic mass is 9.78. The van der Waals surface area contributed by atoms with Crippen LogP contribution in [-0.4, -0.2) is 21.2 Å². The molecule has 1 N–H and O–H groups in total. The summed E-state index contributed by atoms with van der Waals surface area (Å²) in [7, 11) is 2.09. The lowest BCUT2D eigenvalue weighted by Gasteiger charge is -2.28. The van der Waals surface area contributed by atoms with Gasteiger partial charge in [-0.05, 0) is 46.9 Å². The maximum absolute atomic E-state index is 11.0. The highest BCUT2D eigenvalue weighted by Gasteiger charge is 2.31. The number of aryl methyl sites for hydroxylation is 1. The Morgan fingerprint density at radius 1 is 1.00 bits per heavy atom. The molecule has 6 heteroatoms. The molecule has 1 aliphatic heterocycles. The summed E-state index contributed by atoms with van der Waals surface area (Å²) in [5.41, 5.74) is 6.07. The molecule has 1 aromatic heterocycles. The highest BCUT2D eigenvalue weighted by molar-refractivity contribution is 7.99. The number of hydrogen-bond acceptors (Lipinski definition) is 3. The second-order valence-corrected chi connectivity index (χ2v) is 10.8. The Labute approximate surface area is 193 Å². The summed E-state index contributed by atoms with van der Waals surface area (Å²) in [5.74, 6) is 1.22. The van der Waals surface area contributed by atoms with Crippen LogP contribution in [0.15, 0.2) is 46.7 Å². The average molecular weight is 488 g/mol. The van der Waals surface area contributed by atoms with Crippen LogP contribution in [-0.2, 0) is 17.9 Å². The summed E-state index contributed by atoms with van der Waals surface area (Å²) in [6, 6.07) is 12.6. The number of aromatic nitrogens is 2. The minimum Gasteiger partial charge on any atom is -1.00 e. The molecule has 2 heterocycles. The fourth-order valence-corrected chi connectivity index (χ4v) is 4.94. The number of imidazole rings is 1. The number of rotatable bonds is 1. The molecule has 0 saturated heterocycles. The van der Waals surface area contributed by atoms with Gasteiger partial charge >= 0.3 is 5.16 Å². The molecule has 0 fully saturated rings. The SMILES string of the molecule is C[n+]1c2n(c3ccccc31)N=C(c1cc(C(C)(C)C)c(O)c(C(C)(C)C)c1)CS2.[Br-]. The summed E-state index contributed by atoms with van der Waals surface area (Å²) in [5, 5.41) is 17.2. The number of hydrogen-bond donors (Lipinski definition) is 1. The molecule has 0 unspecified atom stereocenters. The fraction of sp³-hybridized carbons (Fsp3) is 0.417. The number of thioether (sulfide) groups is 1. The third kappa shape index (κ3) is 3.80. The molecule has 4 nitrogen and oxygen atoms in total. The van der Waals surface area contributed by atoms with E-state index in [1.54, 1.807) is 0 Å². The summed E-state index contributed by atoms with van der Waals surface area (Å²) in [4.78, 5) is 0. The molecule has 160 valence electrons. The molecule has 0 spiro atoms. The van der Waals surface area contributed by atoms with Crippen molar-refractivity contribution in [2.75, 3.05) is 5.75 Å². The Morgan fingerprint density at radius 2 is 1.57 bits per heavy atom. The van der Waals surface area contributed by atoms with Gasteiger partial charge in [0.05, 0.1) is 12.8 Å². The first-order valence-electron chi connectivity index (χ1n) is 10.1. The number of benzene rings is 2. The Balaban J connectivity index is 0.00000256. The summed E-state index contributed by atoms with van der Waals surface area (Å²) in [6.45, 7) is 12.9. The van der Waals surface area contributed by atoms with E-state index in [1.807, 2.05) is 11.8 Å². The third-order valence-electron chi connectivity index (χ3n) is 5.56. The normalized spacial score (nSPS) is 14.3. The molecular formula is C24H30BrN3OS. The lowest BCUT2D eigenvalue weighted by molar-refractivity contribution is -0.685. The summed E-state index contributed by atoms with van der Waals surface area (Å²) < 4.78 is 4.26. The van der Waals surface area contributed by atoms with Crippen LogP contribution in [0, 0.1) is 0 Å². The van der Waals surface area contributed by atoms with Crippen LogP contribution in [0.3, 0.4) is 0 Å². The van der Waals surface area contributed by atoms with Gasteiger partial charge in [-0.1, -0.05) is 63.5 Å². The minimum absolute atomic E-state index is 0. The highest BCUT2D eigenvalue weighted by atomic mass is 79.9. The molecular weight excluding hydrogens is 458 g/mol. The number of phenols is 1. The Kier molecular flexibility index (Phi) is 5.89. The largest absolute Gasteiger partial charge is 1.00 e. The number of phenolic OH excluding ortho intramolecular Hbond substituents is 1. The van der Waals surface area contributed by atoms with E-state index in [4.69, 9.17) is 5.10 Å². The highest BCUT2D eigenvalue weighted by Crippen LogP contribution is 2.40. The molecule has 3 aromatic rings. The van der Waals surface area contributed by atoms with E-state index in [0.717, 1.165) is 38.8 Å². The van der Waals surface area contributed by atoms with Gasteiger partial charge in [0.2, 0.25) is 5.52 Å². The van der Waals surface area contributed by atoms with E-state index in [0.29, 0.717) is 5.75 Å². The van der Waals surface area contributed by atoms with Crippen molar-refractivity contribution in [2.24, 2.45) is 12.1 Å². The van der Waals surface area contributed by atoms with E-state index < -0.39 is 0 Å². The van der Waals surface area contributed by atoms with E-state index in [1.165, 1.54) is 5.52 Å². The van der Waals surface area contributed by atoms with Crippen LogP contribution in [0.2, 0.25) is 0 Å². The standard InChI is InChI=1S/C24H29N3OS.BrH/c1-23(2,3)16-12-15(13-17(21(16)28)24(4,5)6)18-14-29-22-26(7)19-10-8-9-11-20(19)27(22)25-18;/h8-13H,14H2,1-7H3;1H. The van der Waals surface area contributed by atoms with Crippen LogP contribution in [0.1, 0.15) is 58.2 Å². The van der Waals surface area contributed by atoms with Gasteiger partial charge in [0.25, 0.3) is 0 Å². The number of nitrogens with zero attached hydrogens (tertiary/aromatic N) is 3. The van der Waals surface area contributed by atoms with Crippen molar-refractivity contribution in [3.63, 3.8) is 0 Å². The average Bonchev–Trinajstić information content (AvgIpc) is 2.92. The van der Waals surface area contributed by atoms with Crippen LogP contribution < -0.4 is 21.5 Å². The van der Waals surface area contributed by atoms with Crippen LogP contribution >= 0.6 is 11.8 Å². The monoisotopic (exact) mass is 487 g/mol. The van der Waals surface area contributed by atoms with Gasteiger partial charge in [0, 0.05) is 16.7 Å². The smallest absolute Gasteiger partial charge is 0.344 e. The Bertz CT molecular complexity index is 1110. The molecule has 1 aliphatic rings. The third-order valence-corrected chi connectivity index (χ3v) is 6.68. The van der Waals surface area contributed by atoms with Crippen molar-refractivity contribution >= 4 is 28.5 Å². The molecule has 0 atom stereocenters. The first-order chi connectivity index (χ1) is 13.5. The van der Waals surface area contributed by atoms with Crippen molar-refractivity contribution in [3.8, 4) is 5.75 Å². The molecule has 4 rings (SSSR count). The molecule has 0 aliphatic carbocycles. The van der Waals surface area contributed by atoms with Crippen LogP contribution in [0.25, 0.3) is 11.0 Å². The van der Waals surface area contributed by atoms with Crippen molar-refractivity contribution in [1.29, 1.82) is 0 Å². The maximum atomic E-state index is 11.0. The topological polar surface area (TPSA) is 41.4 Å². The van der Waals surface area contributed by atoms with Gasteiger partial charge in [-0.3, -0.25) is 0 Å². The van der Waals surface area contributed by atoms with E-state index in [-0.39, 0.29) is 27.8 Å². The van der Waals surface area contributed by atoms with Crippen molar-refractivity contribution in [3.05, 3.63) is 53.1 Å². The van der Waals surface area contributed by atoms with Gasteiger partial charge in [-0.2, -0.15) is 0 Å². The molecule has 2 aromatic carbocycles. The van der Waals surface area contributed by atoms with Crippen molar-refractivity contribution in [2.45, 2.75) is 57.5 Å². The number of fused-ring (bicyclic) bond motifs is 3. The predicted octanol–water partition coefficient (Wildman–Crippen LogP) is 2.13. The molecule has 0 amide bonds. The summed E-state index contributed by atoms with van der Waals surface area (Å²) in [6.07, 6.45) is 0.